The van der Waals surface area contributed by atoms with Crippen molar-refractivity contribution in [3.63, 3.8) is 0 Å². The van der Waals surface area contributed by atoms with Crippen molar-refractivity contribution < 1.29 is 22.7 Å². The van der Waals surface area contributed by atoms with Gasteiger partial charge in [0, 0.05) is 31.5 Å². The number of hydrogen-bond donors (Lipinski definition) is 1. The summed E-state index contributed by atoms with van der Waals surface area (Å²) in [6.45, 7) is 5.26. The summed E-state index contributed by atoms with van der Waals surface area (Å²) in [6.07, 6.45) is -4.52. The zero-order valence-corrected chi connectivity index (χ0v) is 17.6. The minimum Gasteiger partial charge on any atom is -0.451 e. The van der Waals surface area contributed by atoms with Gasteiger partial charge in [-0.2, -0.15) is 13.2 Å². The molecule has 0 saturated carbocycles. The second-order valence-corrected chi connectivity index (χ2v) is 7.30. The number of halogens is 4. The number of carbonyl (C=O) groups is 1. The molecule has 0 radical (unpaired) electrons. The minimum absolute atomic E-state index is 0.0947. The molecule has 2 rings (SSSR count). The van der Waals surface area contributed by atoms with E-state index in [-0.39, 0.29) is 16.5 Å². The van der Waals surface area contributed by atoms with Gasteiger partial charge in [-0.05, 0) is 56.6 Å². The second kappa shape index (κ2) is 9.86. The molecule has 0 bridgehead atoms. The van der Waals surface area contributed by atoms with E-state index in [4.69, 9.17) is 16.3 Å². The topological polar surface area (TPSA) is 44.8 Å². The van der Waals surface area contributed by atoms with E-state index in [0.29, 0.717) is 5.69 Å². The minimum atomic E-state index is -4.52. The van der Waals surface area contributed by atoms with Gasteiger partial charge in [0.25, 0.3) is 5.91 Å². The van der Waals surface area contributed by atoms with Gasteiger partial charge in [-0.15, -0.1) is 0 Å². The molecule has 0 aliphatic rings. The maximum atomic E-state index is 12.7. The van der Waals surface area contributed by atoms with Crippen LogP contribution in [0.25, 0.3) is 0 Å². The van der Waals surface area contributed by atoms with Crippen LogP contribution in [0.15, 0.2) is 54.8 Å². The first-order chi connectivity index (χ1) is 14.0. The molecule has 0 aliphatic carbocycles. The predicted molar refractivity (Wildman–Crippen MR) is 113 cm³/mol. The number of hydrogen-bond acceptors (Lipinski definition) is 4. The Morgan fingerprint density at radius 2 is 1.73 bits per heavy atom. The van der Waals surface area contributed by atoms with Gasteiger partial charge in [0.2, 0.25) is 0 Å². The van der Waals surface area contributed by atoms with E-state index >= 15 is 0 Å². The van der Waals surface area contributed by atoms with Crippen LogP contribution in [0.4, 0.5) is 24.5 Å². The highest BCUT2D eigenvalue weighted by molar-refractivity contribution is 6.32. The van der Waals surface area contributed by atoms with Crippen molar-refractivity contribution in [2.75, 3.05) is 44.4 Å². The second-order valence-electron chi connectivity index (χ2n) is 6.89. The summed E-state index contributed by atoms with van der Waals surface area (Å²) in [7, 11) is 5.97. The molecule has 0 unspecified atom stereocenters. The van der Waals surface area contributed by atoms with Crippen molar-refractivity contribution in [3.8, 4) is 5.75 Å². The lowest BCUT2D eigenvalue weighted by Crippen LogP contribution is -2.28. The van der Waals surface area contributed by atoms with Gasteiger partial charge in [0.15, 0.2) is 5.76 Å². The highest BCUT2D eigenvalue weighted by Crippen LogP contribution is 2.35. The quantitative estimate of drug-likeness (QED) is 0.468. The number of benzene rings is 2. The molecule has 0 aliphatic heterocycles. The van der Waals surface area contributed by atoms with Crippen LogP contribution in [0.3, 0.4) is 0 Å². The van der Waals surface area contributed by atoms with E-state index in [1.165, 1.54) is 0 Å². The maximum absolute atomic E-state index is 12.7. The van der Waals surface area contributed by atoms with Crippen LogP contribution in [0, 0.1) is 0 Å². The molecule has 162 valence electrons. The van der Waals surface area contributed by atoms with Crippen molar-refractivity contribution in [1.29, 1.82) is 0 Å². The van der Waals surface area contributed by atoms with Crippen LogP contribution >= 0.6 is 11.6 Å². The van der Waals surface area contributed by atoms with Gasteiger partial charge >= 0.3 is 6.18 Å². The number of nitrogens with zero attached hydrogens (tertiary/aromatic N) is 2. The third-order valence-electron chi connectivity index (χ3n) is 4.19. The van der Waals surface area contributed by atoms with Gasteiger partial charge in [-0.3, -0.25) is 4.79 Å². The van der Waals surface area contributed by atoms with Gasteiger partial charge in [-0.25, -0.2) is 0 Å². The average molecular weight is 442 g/mol. The summed E-state index contributed by atoms with van der Waals surface area (Å²) in [6, 6.07) is 9.78. The lowest BCUT2D eigenvalue weighted by molar-refractivity contribution is -0.137. The fourth-order valence-electron chi connectivity index (χ4n) is 2.42. The molecule has 5 nitrogen and oxygen atoms in total. The Kier molecular flexibility index (Phi) is 7.75. The maximum Gasteiger partial charge on any atom is 0.416 e. The molecule has 1 N–H and O–H groups in total. The Morgan fingerprint density at radius 3 is 2.27 bits per heavy atom. The van der Waals surface area contributed by atoms with Gasteiger partial charge in [-0.1, -0.05) is 18.2 Å². The fraction of sp³-hybridized carbons (Fsp3) is 0.286. The first kappa shape index (κ1) is 23.6. The molecular formula is C21H23ClF3N3O2. The molecular weight excluding hydrogens is 419 g/mol. The standard InChI is InChI=1S/C21H23ClF3N3O2/c1-14(30-19-10-5-15(13-18(19)22)21(23,24)25)20(29)26-16-6-8-17(9-7-16)28(4)12-11-27(2)3/h5-10,13H,1,11-12H2,2-4H3,(H,26,29). The molecule has 0 saturated heterocycles. The molecule has 2 aromatic rings. The van der Waals surface area contributed by atoms with Crippen LogP contribution in [-0.2, 0) is 11.0 Å². The van der Waals surface area contributed by atoms with Gasteiger partial charge in [0.1, 0.15) is 5.75 Å². The number of anilines is 2. The first-order valence-electron chi connectivity index (χ1n) is 8.98. The number of ether oxygens (including phenoxy) is 1. The first-order valence-corrected chi connectivity index (χ1v) is 9.36. The highest BCUT2D eigenvalue weighted by atomic mass is 35.5. The number of alkyl halides is 3. The average Bonchev–Trinajstić information content (AvgIpc) is 2.67. The molecule has 30 heavy (non-hydrogen) atoms. The molecule has 0 aromatic heterocycles. The monoisotopic (exact) mass is 441 g/mol. The molecule has 0 spiro atoms. The highest BCUT2D eigenvalue weighted by Gasteiger charge is 2.31. The number of carbonyl (C=O) groups excluding carboxylic acids is 1. The summed E-state index contributed by atoms with van der Waals surface area (Å²) in [5.41, 5.74) is 0.597. The lowest BCUT2D eigenvalue weighted by Gasteiger charge is -2.21. The number of rotatable bonds is 8. The van der Waals surface area contributed by atoms with E-state index in [9.17, 15) is 18.0 Å². The molecule has 0 heterocycles. The van der Waals surface area contributed by atoms with Crippen molar-refractivity contribution in [1.82, 2.24) is 4.90 Å². The Bertz CT molecular complexity index is 899. The van der Waals surface area contributed by atoms with Crippen LogP contribution in [-0.4, -0.2) is 45.0 Å². The third kappa shape index (κ3) is 6.67. The molecule has 2 aromatic carbocycles. The smallest absolute Gasteiger partial charge is 0.416 e. The van der Waals surface area contributed by atoms with E-state index in [1.807, 2.05) is 33.3 Å². The lowest BCUT2D eigenvalue weighted by atomic mass is 10.2. The number of nitrogens with one attached hydrogen (secondary N) is 1. The predicted octanol–water partition coefficient (Wildman–Crippen LogP) is 4.89. The van der Waals surface area contributed by atoms with Crippen molar-refractivity contribution in [3.05, 3.63) is 65.4 Å². The van der Waals surface area contributed by atoms with Crippen LogP contribution in [0.2, 0.25) is 5.02 Å². The Morgan fingerprint density at radius 1 is 1.10 bits per heavy atom. The van der Waals surface area contributed by atoms with E-state index in [1.54, 1.807) is 12.1 Å². The van der Waals surface area contributed by atoms with Crippen LogP contribution in [0.5, 0.6) is 5.75 Å². The summed E-state index contributed by atoms with van der Waals surface area (Å²) in [5.74, 6) is -1.04. The molecule has 0 atom stereocenters. The molecule has 9 heteroatoms. The number of amides is 1. The van der Waals surface area contributed by atoms with E-state index < -0.39 is 17.6 Å². The van der Waals surface area contributed by atoms with Crippen molar-refractivity contribution >= 4 is 28.9 Å². The van der Waals surface area contributed by atoms with Crippen LogP contribution < -0.4 is 15.0 Å². The molecule has 0 fully saturated rings. The summed E-state index contributed by atoms with van der Waals surface area (Å²) in [4.78, 5) is 16.4. The third-order valence-corrected chi connectivity index (χ3v) is 4.49. The largest absolute Gasteiger partial charge is 0.451 e. The summed E-state index contributed by atoms with van der Waals surface area (Å²) in [5, 5.41) is 2.35. The Balaban J connectivity index is 1.97. The zero-order chi connectivity index (χ0) is 22.5. The normalized spacial score (nSPS) is 11.3. The van der Waals surface area contributed by atoms with Crippen LogP contribution in [0.1, 0.15) is 5.56 Å². The van der Waals surface area contributed by atoms with Crippen molar-refractivity contribution in [2.45, 2.75) is 6.18 Å². The Labute approximate surface area is 178 Å². The van der Waals surface area contributed by atoms with E-state index in [2.05, 4.69) is 21.7 Å². The van der Waals surface area contributed by atoms with Gasteiger partial charge < -0.3 is 19.9 Å². The summed E-state index contributed by atoms with van der Waals surface area (Å²) < 4.78 is 43.4. The fourth-order valence-corrected chi connectivity index (χ4v) is 2.64. The number of likely N-dealkylation sites (N-methyl/N-ethyl adjacent to an activating group) is 2. The van der Waals surface area contributed by atoms with Crippen molar-refractivity contribution in [2.24, 2.45) is 0 Å². The van der Waals surface area contributed by atoms with E-state index in [0.717, 1.165) is 37.0 Å². The SMILES string of the molecule is C=C(Oc1ccc(C(F)(F)F)cc1Cl)C(=O)Nc1ccc(N(C)CCN(C)C)cc1. The Hall–Kier alpha value is -2.71. The molecule has 1 amide bonds. The van der Waals surface area contributed by atoms with Gasteiger partial charge in [0.05, 0.1) is 10.6 Å². The summed E-state index contributed by atoms with van der Waals surface area (Å²) >= 11 is 5.83. The zero-order valence-electron chi connectivity index (χ0n) is 16.9.